The van der Waals surface area contributed by atoms with Gasteiger partial charge in [-0.25, -0.2) is 0 Å². The Balaban J connectivity index is 1.58. The van der Waals surface area contributed by atoms with Crippen molar-refractivity contribution in [3.05, 3.63) is 53.2 Å². The normalized spacial score (nSPS) is 15.8. The number of benzene rings is 2. The molecule has 2 N–H and O–H groups in total. The van der Waals surface area contributed by atoms with Gasteiger partial charge < -0.3 is 15.4 Å². The average molecular weight is 378 g/mol. The van der Waals surface area contributed by atoms with Gasteiger partial charge in [0.25, 0.3) is 0 Å². The number of aromatic nitrogens is 2. The van der Waals surface area contributed by atoms with E-state index in [4.69, 9.17) is 4.74 Å². The van der Waals surface area contributed by atoms with Gasteiger partial charge in [0.15, 0.2) is 0 Å². The minimum absolute atomic E-state index is 0.105. The molecule has 144 valence electrons. The Morgan fingerprint density at radius 3 is 2.93 bits per heavy atom. The molecule has 2 heterocycles. The van der Waals surface area contributed by atoms with Gasteiger partial charge in [0.05, 0.1) is 30.8 Å². The van der Waals surface area contributed by atoms with Crippen LogP contribution < -0.4 is 15.4 Å². The fourth-order valence-electron chi connectivity index (χ4n) is 3.68. The van der Waals surface area contributed by atoms with Crippen LogP contribution in [-0.4, -0.2) is 28.7 Å². The first-order valence-corrected chi connectivity index (χ1v) is 9.14. The molecule has 0 saturated carbocycles. The van der Waals surface area contributed by atoms with Crippen molar-refractivity contribution < 1.29 is 14.3 Å². The van der Waals surface area contributed by atoms with Crippen molar-refractivity contribution >= 4 is 28.4 Å². The van der Waals surface area contributed by atoms with Gasteiger partial charge in [0.2, 0.25) is 11.8 Å². The number of nitrogens with zero attached hydrogens (tertiary/aromatic N) is 2. The summed E-state index contributed by atoms with van der Waals surface area (Å²) in [5.74, 6) is -0.276. The summed E-state index contributed by atoms with van der Waals surface area (Å²) in [6, 6.07) is 11.5. The number of hydrogen-bond acceptors (Lipinski definition) is 4. The molecular weight excluding hydrogens is 356 g/mol. The third-order valence-corrected chi connectivity index (χ3v) is 5.13. The van der Waals surface area contributed by atoms with E-state index in [1.165, 1.54) is 0 Å². The van der Waals surface area contributed by atoms with E-state index in [2.05, 4.69) is 21.8 Å². The molecule has 4 rings (SSSR count). The molecule has 3 aromatic rings. The summed E-state index contributed by atoms with van der Waals surface area (Å²) in [6.45, 7) is 2.33. The summed E-state index contributed by atoms with van der Waals surface area (Å²) in [5, 5.41) is 11.3. The standard InChI is InChI=1S/C21H22N4O3/c1-12-4-7-19-16(8-12)18(24-25(19)2)11-22-21(27)15-10-20(26)23-17-6-5-13(28-3)9-14(15)17/h4-9,15H,10-11H2,1-3H3,(H,22,27)(H,23,26)/t15-/m1/s1. The van der Waals surface area contributed by atoms with E-state index < -0.39 is 5.92 Å². The van der Waals surface area contributed by atoms with E-state index >= 15 is 0 Å². The van der Waals surface area contributed by atoms with Crippen LogP contribution in [0.15, 0.2) is 36.4 Å². The number of carbonyl (C=O) groups is 2. The molecule has 1 aliphatic rings. The van der Waals surface area contributed by atoms with Gasteiger partial charge in [-0.05, 0) is 42.8 Å². The summed E-state index contributed by atoms with van der Waals surface area (Å²) in [6.07, 6.45) is 0.105. The van der Waals surface area contributed by atoms with Crippen LogP contribution in [0.2, 0.25) is 0 Å². The monoisotopic (exact) mass is 378 g/mol. The average Bonchev–Trinajstić information content (AvgIpc) is 3.00. The van der Waals surface area contributed by atoms with Crippen LogP contribution in [-0.2, 0) is 23.2 Å². The molecule has 0 unspecified atom stereocenters. The summed E-state index contributed by atoms with van der Waals surface area (Å²) in [4.78, 5) is 25.0. The number of aryl methyl sites for hydroxylation is 2. The van der Waals surface area contributed by atoms with Crippen LogP contribution in [0, 0.1) is 6.92 Å². The first-order valence-electron chi connectivity index (χ1n) is 9.14. The lowest BCUT2D eigenvalue weighted by atomic mass is 9.89. The molecule has 1 aliphatic heterocycles. The lowest BCUT2D eigenvalue weighted by molar-refractivity contribution is -0.126. The maximum Gasteiger partial charge on any atom is 0.228 e. The van der Waals surface area contributed by atoms with Gasteiger partial charge in [-0.2, -0.15) is 5.10 Å². The minimum atomic E-state index is -0.560. The molecule has 7 heteroatoms. The summed E-state index contributed by atoms with van der Waals surface area (Å²) in [5.41, 5.74) is 4.37. The molecule has 1 atom stereocenters. The number of amides is 2. The molecular formula is C21H22N4O3. The molecule has 7 nitrogen and oxygen atoms in total. The zero-order valence-electron chi connectivity index (χ0n) is 16.1. The third kappa shape index (κ3) is 3.19. The number of nitrogens with one attached hydrogen (secondary N) is 2. The number of methoxy groups -OCH3 is 1. The van der Waals surface area contributed by atoms with Gasteiger partial charge in [-0.1, -0.05) is 11.6 Å². The van der Waals surface area contributed by atoms with E-state index in [-0.39, 0.29) is 18.2 Å². The minimum Gasteiger partial charge on any atom is -0.497 e. The Bertz CT molecular complexity index is 1090. The van der Waals surface area contributed by atoms with Crippen LogP contribution in [0.3, 0.4) is 0 Å². The quantitative estimate of drug-likeness (QED) is 0.731. The zero-order valence-corrected chi connectivity index (χ0v) is 16.1. The smallest absolute Gasteiger partial charge is 0.228 e. The van der Waals surface area contributed by atoms with Crippen molar-refractivity contribution in [3.8, 4) is 5.75 Å². The predicted octanol–water partition coefficient (Wildman–Crippen LogP) is 2.63. The highest BCUT2D eigenvalue weighted by molar-refractivity contribution is 6.01. The fourth-order valence-corrected chi connectivity index (χ4v) is 3.68. The second-order valence-electron chi connectivity index (χ2n) is 7.07. The Morgan fingerprint density at radius 1 is 1.32 bits per heavy atom. The molecule has 0 bridgehead atoms. The molecule has 2 amide bonds. The van der Waals surface area contributed by atoms with Crippen LogP contribution in [0.5, 0.6) is 5.75 Å². The molecule has 0 radical (unpaired) electrons. The molecule has 0 aliphatic carbocycles. The fraction of sp³-hybridized carbons (Fsp3) is 0.286. The number of anilines is 1. The second-order valence-corrected chi connectivity index (χ2v) is 7.07. The molecule has 2 aromatic carbocycles. The number of ether oxygens (including phenoxy) is 1. The number of carbonyl (C=O) groups excluding carboxylic acids is 2. The SMILES string of the molecule is COc1ccc2c(c1)[C@H](C(=O)NCc1nn(C)c3ccc(C)cc13)CC(=O)N2. The Hall–Kier alpha value is -3.35. The number of hydrogen-bond donors (Lipinski definition) is 2. The molecule has 1 aromatic heterocycles. The molecule has 0 spiro atoms. The summed E-state index contributed by atoms with van der Waals surface area (Å²) < 4.78 is 7.08. The van der Waals surface area contributed by atoms with Crippen molar-refractivity contribution in [2.24, 2.45) is 7.05 Å². The lowest BCUT2D eigenvalue weighted by Crippen LogP contribution is -2.34. The van der Waals surface area contributed by atoms with E-state index in [9.17, 15) is 9.59 Å². The van der Waals surface area contributed by atoms with Crippen LogP contribution in [0.4, 0.5) is 5.69 Å². The van der Waals surface area contributed by atoms with E-state index in [1.54, 1.807) is 25.3 Å². The first-order chi connectivity index (χ1) is 13.5. The van der Waals surface area contributed by atoms with Crippen molar-refractivity contribution in [2.75, 3.05) is 12.4 Å². The first kappa shape index (κ1) is 18.0. The van der Waals surface area contributed by atoms with E-state index in [0.29, 0.717) is 18.0 Å². The Kier molecular flexibility index (Phi) is 4.50. The van der Waals surface area contributed by atoms with Crippen molar-refractivity contribution in [1.29, 1.82) is 0 Å². The van der Waals surface area contributed by atoms with Crippen LogP contribution in [0.25, 0.3) is 10.9 Å². The van der Waals surface area contributed by atoms with Crippen molar-refractivity contribution in [1.82, 2.24) is 15.1 Å². The second kappa shape index (κ2) is 6.99. The highest BCUT2D eigenvalue weighted by atomic mass is 16.5. The lowest BCUT2D eigenvalue weighted by Gasteiger charge is -2.25. The molecule has 0 saturated heterocycles. The van der Waals surface area contributed by atoms with Gasteiger partial charge in [-0.3, -0.25) is 14.3 Å². The predicted molar refractivity (Wildman–Crippen MR) is 106 cm³/mol. The third-order valence-electron chi connectivity index (χ3n) is 5.13. The van der Waals surface area contributed by atoms with Gasteiger partial charge in [-0.15, -0.1) is 0 Å². The highest BCUT2D eigenvalue weighted by Gasteiger charge is 2.31. The van der Waals surface area contributed by atoms with Gasteiger partial charge in [0, 0.05) is 24.5 Å². The largest absolute Gasteiger partial charge is 0.497 e. The van der Waals surface area contributed by atoms with Crippen LogP contribution in [0.1, 0.15) is 29.2 Å². The van der Waals surface area contributed by atoms with Gasteiger partial charge in [0.1, 0.15) is 5.75 Å². The Labute approximate surface area is 162 Å². The maximum atomic E-state index is 12.9. The molecule has 0 fully saturated rings. The van der Waals surface area contributed by atoms with Crippen LogP contribution >= 0.6 is 0 Å². The van der Waals surface area contributed by atoms with Crippen molar-refractivity contribution in [3.63, 3.8) is 0 Å². The van der Waals surface area contributed by atoms with E-state index in [1.807, 2.05) is 30.8 Å². The summed E-state index contributed by atoms with van der Waals surface area (Å²) in [7, 11) is 3.46. The van der Waals surface area contributed by atoms with Gasteiger partial charge >= 0.3 is 0 Å². The Morgan fingerprint density at radius 2 is 2.14 bits per heavy atom. The summed E-state index contributed by atoms with van der Waals surface area (Å²) >= 11 is 0. The maximum absolute atomic E-state index is 12.9. The zero-order chi connectivity index (χ0) is 19.8. The number of rotatable bonds is 4. The number of fused-ring (bicyclic) bond motifs is 2. The highest BCUT2D eigenvalue weighted by Crippen LogP contribution is 2.35. The van der Waals surface area contributed by atoms with E-state index in [0.717, 1.165) is 27.7 Å². The topological polar surface area (TPSA) is 85.2 Å². The van der Waals surface area contributed by atoms with Crippen molar-refractivity contribution in [2.45, 2.75) is 25.8 Å². The molecule has 28 heavy (non-hydrogen) atoms.